The Morgan fingerprint density at radius 3 is 2.47 bits per heavy atom. The van der Waals surface area contributed by atoms with E-state index in [0.29, 0.717) is 49.9 Å². The summed E-state index contributed by atoms with van der Waals surface area (Å²) < 4.78 is 19.0. The smallest absolute Gasteiger partial charge is 0.410 e. The lowest BCUT2D eigenvalue weighted by molar-refractivity contribution is -0.0384. The Morgan fingerprint density at radius 2 is 1.72 bits per heavy atom. The van der Waals surface area contributed by atoms with Gasteiger partial charge in [0.15, 0.2) is 6.23 Å². The van der Waals surface area contributed by atoms with Crippen molar-refractivity contribution < 1.29 is 23.8 Å². The van der Waals surface area contributed by atoms with Gasteiger partial charge in [0, 0.05) is 44.7 Å². The summed E-state index contributed by atoms with van der Waals surface area (Å²) in [6.07, 6.45) is 4.35. The maximum absolute atomic E-state index is 13.4. The fourth-order valence-corrected chi connectivity index (χ4v) is 5.88. The molecule has 0 radical (unpaired) electrons. The van der Waals surface area contributed by atoms with E-state index >= 15 is 0 Å². The van der Waals surface area contributed by atoms with Crippen LogP contribution in [0.15, 0.2) is 72.9 Å². The minimum absolute atomic E-state index is 0.133. The van der Waals surface area contributed by atoms with Gasteiger partial charge in [-0.2, -0.15) is 5.10 Å². The average molecular weight is 639 g/mol. The highest BCUT2D eigenvalue weighted by Crippen LogP contribution is 2.33. The van der Waals surface area contributed by atoms with Crippen molar-refractivity contribution in [3.8, 4) is 28.3 Å². The fraction of sp³-hybridized carbons (Fsp3) is 0.389. The van der Waals surface area contributed by atoms with E-state index in [1.54, 1.807) is 24.3 Å². The molecule has 0 aliphatic carbocycles. The highest BCUT2D eigenvalue weighted by molar-refractivity contribution is 6.04. The maximum atomic E-state index is 13.4. The Labute approximate surface area is 275 Å². The second-order valence-corrected chi connectivity index (χ2v) is 12.8. The van der Waals surface area contributed by atoms with Crippen LogP contribution in [-0.2, 0) is 9.47 Å². The van der Waals surface area contributed by atoms with Gasteiger partial charge in [-0.25, -0.2) is 14.5 Å². The first-order valence-electron chi connectivity index (χ1n) is 16.1. The molecule has 2 aromatic carbocycles. The third-order valence-corrected chi connectivity index (χ3v) is 8.27. The second-order valence-electron chi connectivity index (χ2n) is 12.8. The molecule has 0 bridgehead atoms. The first-order valence-corrected chi connectivity index (χ1v) is 16.1. The summed E-state index contributed by atoms with van der Waals surface area (Å²) in [6.45, 7) is 8.96. The molecule has 47 heavy (non-hydrogen) atoms. The zero-order valence-electron chi connectivity index (χ0n) is 27.4. The van der Waals surface area contributed by atoms with Crippen LogP contribution in [0.2, 0.25) is 0 Å². The van der Waals surface area contributed by atoms with Crippen molar-refractivity contribution in [3.63, 3.8) is 0 Å². The number of methoxy groups -OCH3 is 1. The van der Waals surface area contributed by atoms with Gasteiger partial charge in [-0.15, -0.1) is 0 Å². The van der Waals surface area contributed by atoms with E-state index in [4.69, 9.17) is 14.2 Å². The number of pyridine rings is 1. The van der Waals surface area contributed by atoms with Gasteiger partial charge in [-0.3, -0.25) is 4.79 Å². The molecule has 2 aromatic heterocycles. The Balaban J connectivity index is 1.14. The highest BCUT2D eigenvalue weighted by Gasteiger charge is 2.26. The lowest BCUT2D eigenvalue weighted by Crippen LogP contribution is -2.50. The summed E-state index contributed by atoms with van der Waals surface area (Å²) in [6, 6.07) is 21.3. The molecule has 4 aromatic rings. The van der Waals surface area contributed by atoms with Crippen LogP contribution in [0.25, 0.3) is 22.5 Å². The molecule has 0 spiro atoms. The molecule has 2 aliphatic rings. The number of benzene rings is 2. The monoisotopic (exact) mass is 638 g/mol. The van der Waals surface area contributed by atoms with Gasteiger partial charge in [-0.1, -0.05) is 24.3 Å². The number of ether oxygens (including phenoxy) is 3. The van der Waals surface area contributed by atoms with Crippen molar-refractivity contribution in [3.05, 3.63) is 78.6 Å². The van der Waals surface area contributed by atoms with Crippen LogP contribution in [0.5, 0.6) is 5.75 Å². The van der Waals surface area contributed by atoms with Crippen molar-refractivity contribution in [1.29, 1.82) is 0 Å². The van der Waals surface area contributed by atoms with E-state index in [1.165, 1.54) is 0 Å². The minimum atomic E-state index is -0.514. The summed E-state index contributed by atoms with van der Waals surface area (Å²) in [5.41, 5.74) is 4.81. The molecular weight excluding hydrogens is 596 g/mol. The van der Waals surface area contributed by atoms with Crippen LogP contribution in [0.3, 0.4) is 0 Å². The molecule has 0 saturated carbocycles. The molecule has 4 heterocycles. The Bertz CT molecular complexity index is 1720. The van der Waals surface area contributed by atoms with Gasteiger partial charge >= 0.3 is 6.09 Å². The Hall–Kier alpha value is -4.90. The molecule has 1 N–H and O–H groups in total. The van der Waals surface area contributed by atoms with E-state index in [-0.39, 0.29) is 23.9 Å². The lowest BCUT2D eigenvalue weighted by Gasteiger charge is -2.36. The predicted octanol–water partition coefficient (Wildman–Crippen LogP) is 6.63. The molecule has 1 unspecified atom stereocenters. The Morgan fingerprint density at radius 1 is 0.936 bits per heavy atom. The first-order chi connectivity index (χ1) is 22.7. The van der Waals surface area contributed by atoms with Gasteiger partial charge in [0.2, 0.25) is 0 Å². The number of hydrogen-bond acceptors (Lipinski definition) is 8. The van der Waals surface area contributed by atoms with Crippen LogP contribution in [0.1, 0.15) is 56.8 Å². The number of hydrogen-bond donors (Lipinski definition) is 1. The molecule has 2 fully saturated rings. The van der Waals surface area contributed by atoms with E-state index in [1.807, 2.05) is 74.0 Å². The largest absolute Gasteiger partial charge is 0.495 e. The predicted molar refractivity (Wildman–Crippen MR) is 181 cm³/mol. The van der Waals surface area contributed by atoms with Gasteiger partial charge < -0.3 is 29.3 Å². The number of piperazine rings is 1. The number of amides is 2. The quantitative estimate of drug-likeness (QED) is 0.240. The number of carbonyl (C=O) groups excluding carboxylic acids is 2. The standard InChI is InChI=1S/C36H42N6O5/c1-36(2,3)47-35(44)41-20-18-40(19-21-41)27-10-7-9-25(23-27)26-14-15-29(32(24-26)45-4)39-34(43)30-12-8-11-28(38-30)31-16-17-37-42(31)33-13-5-6-22-46-33/h7-12,14-17,23-24,33H,5-6,13,18-22H2,1-4H3,(H,39,43). The average Bonchev–Trinajstić information content (AvgIpc) is 3.59. The molecule has 2 aliphatic heterocycles. The van der Waals surface area contributed by atoms with Gasteiger partial charge in [-0.05, 0) is 93.6 Å². The van der Waals surface area contributed by atoms with Crippen molar-refractivity contribution in [1.82, 2.24) is 19.7 Å². The van der Waals surface area contributed by atoms with Crippen LogP contribution in [-0.4, -0.2) is 77.2 Å². The van der Waals surface area contributed by atoms with E-state index in [9.17, 15) is 9.59 Å². The number of aromatic nitrogens is 3. The fourth-order valence-electron chi connectivity index (χ4n) is 5.88. The van der Waals surface area contributed by atoms with E-state index < -0.39 is 5.60 Å². The van der Waals surface area contributed by atoms with Crippen molar-refractivity contribution in [2.75, 3.05) is 50.1 Å². The summed E-state index contributed by atoms with van der Waals surface area (Å²) in [5, 5.41) is 7.45. The van der Waals surface area contributed by atoms with E-state index in [0.717, 1.165) is 41.8 Å². The van der Waals surface area contributed by atoms with Crippen LogP contribution >= 0.6 is 0 Å². The minimum Gasteiger partial charge on any atom is -0.495 e. The third-order valence-electron chi connectivity index (χ3n) is 8.27. The number of nitrogens with one attached hydrogen (secondary N) is 1. The molecule has 1 atom stereocenters. The van der Waals surface area contributed by atoms with Gasteiger partial charge in [0.05, 0.1) is 24.2 Å². The lowest BCUT2D eigenvalue weighted by atomic mass is 10.0. The van der Waals surface area contributed by atoms with Crippen LogP contribution in [0, 0.1) is 0 Å². The number of rotatable bonds is 7. The highest BCUT2D eigenvalue weighted by atomic mass is 16.6. The number of carbonyl (C=O) groups is 2. The molecule has 6 rings (SSSR count). The molecule has 2 amide bonds. The van der Waals surface area contributed by atoms with Gasteiger partial charge in [0.1, 0.15) is 17.0 Å². The normalized spacial score (nSPS) is 16.9. The van der Waals surface area contributed by atoms with Crippen molar-refractivity contribution in [2.45, 2.75) is 51.9 Å². The van der Waals surface area contributed by atoms with Gasteiger partial charge in [0.25, 0.3) is 5.91 Å². The third kappa shape index (κ3) is 7.57. The molecule has 2 saturated heterocycles. The summed E-state index contributed by atoms with van der Waals surface area (Å²) in [4.78, 5) is 34.6. The number of nitrogens with zero attached hydrogens (tertiary/aromatic N) is 5. The molecule has 246 valence electrons. The summed E-state index contributed by atoms with van der Waals surface area (Å²) in [5.74, 6) is 0.196. The topological polar surface area (TPSA) is 111 Å². The second kappa shape index (κ2) is 13.8. The van der Waals surface area contributed by atoms with Crippen molar-refractivity contribution >= 4 is 23.4 Å². The van der Waals surface area contributed by atoms with E-state index in [2.05, 4.69) is 32.4 Å². The zero-order chi connectivity index (χ0) is 33.0. The number of anilines is 2. The van der Waals surface area contributed by atoms with Crippen LogP contribution in [0.4, 0.5) is 16.2 Å². The Kier molecular flexibility index (Phi) is 9.44. The van der Waals surface area contributed by atoms with Crippen LogP contribution < -0.4 is 15.0 Å². The summed E-state index contributed by atoms with van der Waals surface area (Å²) >= 11 is 0. The van der Waals surface area contributed by atoms with Crippen molar-refractivity contribution in [2.24, 2.45) is 0 Å². The molecular formula is C36H42N6O5. The molecule has 11 heteroatoms. The maximum Gasteiger partial charge on any atom is 0.410 e. The SMILES string of the molecule is COc1cc(-c2cccc(N3CCN(C(=O)OC(C)(C)C)CC3)c2)ccc1NC(=O)c1cccc(-c2ccnn2C2CCCCO2)n1. The zero-order valence-corrected chi connectivity index (χ0v) is 27.4. The molecule has 11 nitrogen and oxygen atoms in total. The first kappa shape index (κ1) is 32.1. The summed E-state index contributed by atoms with van der Waals surface area (Å²) in [7, 11) is 1.59.